The van der Waals surface area contributed by atoms with Gasteiger partial charge in [-0.15, -0.1) is 0 Å². The van der Waals surface area contributed by atoms with Crippen molar-refractivity contribution in [1.82, 2.24) is 9.80 Å². The summed E-state index contributed by atoms with van der Waals surface area (Å²) in [5.41, 5.74) is 6.34. The van der Waals surface area contributed by atoms with Crippen LogP contribution in [0.25, 0.3) is 0 Å². The lowest BCUT2D eigenvalue weighted by atomic mass is 9.93. The Morgan fingerprint density at radius 2 is 1.94 bits per heavy atom. The predicted octanol–water partition coefficient (Wildman–Crippen LogP) is 1.39. The highest BCUT2D eigenvalue weighted by molar-refractivity contribution is 4.95. The molecule has 1 saturated heterocycles. The van der Waals surface area contributed by atoms with Gasteiger partial charge in [0.05, 0.1) is 0 Å². The zero-order valence-corrected chi connectivity index (χ0v) is 11.6. The maximum absolute atomic E-state index is 5.84. The second-order valence-electron chi connectivity index (χ2n) is 6.48. The summed E-state index contributed by atoms with van der Waals surface area (Å²) in [6.45, 7) is 5.94. The van der Waals surface area contributed by atoms with Crippen molar-refractivity contribution >= 4 is 0 Å². The second kappa shape index (κ2) is 5.68. The largest absolute Gasteiger partial charge is 0.330 e. The Bertz CT molecular complexity index is 230. The van der Waals surface area contributed by atoms with Crippen molar-refractivity contribution in [2.45, 2.75) is 32.1 Å². The molecule has 0 atom stereocenters. The maximum Gasteiger partial charge on any atom is 0.00470 e. The fourth-order valence-corrected chi connectivity index (χ4v) is 3.01. The second-order valence-corrected chi connectivity index (χ2v) is 6.48. The summed E-state index contributed by atoms with van der Waals surface area (Å²) in [7, 11) is 4.51. The van der Waals surface area contributed by atoms with Gasteiger partial charge in [0.2, 0.25) is 0 Å². The smallest absolute Gasteiger partial charge is 0.00470 e. The minimum atomic E-state index is 0.502. The van der Waals surface area contributed by atoms with Crippen molar-refractivity contribution in [3.8, 4) is 0 Å². The Hall–Kier alpha value is -0.120. The Balaban J connectivity index is 1.61. The molecular formula is C14H29N3. The first-order valence-corrected chi connectivity index (χ1v) is 7.21. The van der Waals surface area contributed by atoms with E-state index in [9.17, 15) is 0 Å². The van der Waals surface area contributed by atoms with E-state index in [-0.39, 0.29) is 0 Å². The standard InChI is InChI=1S/C14H29N3/c1-16-8-3-13(4-9-16)5-10-17(2)12-14(11-15)6-7-14/h13H,3-12,15H2,1-2H3. The Morgan fingerprint density at radius 3 is 2.47 bits per heavy atom. The van der Waals surface area contributed by atoms with Crippen molar-refractivity contribution in [2.75, 3.05) is 46.8 Å². The Morgan fingerprint density at radius 1 is 1.29 bits per heavy atom. The lowest BCUT2D eigenvalue weighted by Gasteiger charge is -2.30. The summed E-state index contributed by atoms with van der Waals surface area (Å²) in [5.74, 6) is 0.960. The lowest BCUT2D eigenvalue weighted by molar-refractivity contribution is 0.187. The summed E-state index contributed by atoms with van der Waals surface area (Å²) in [4.78, 5) is 4.96. The lowest BCUT2D eigenvalue weighted by Crippen LogP contribution is -2.35. The van der Waals surface area contributed by atoms with E-state index in [1.807, 2.05) is 0 Å². The molecule has 2 fully saturated rings. The molecule has 2 N–H and O–H groups in total. The first kappa shape index (κ1) is 13.3. The fraction of sp³-hybridized carbons (Fsp3) is 1.00. The van der Waals surface area contributed by atoms with Gasteiger partial charge in [-0.25, -0.2) is 0 Å². The molecule has 0 aromatic carbocycles. The Labute approximate surface area is 106 Å². The van der Waals surface area contributed by atoms with Gasteiger partial charge < -0.3 is 15.5 Å². The molecule has 2 aliphatic rings. The minimum Gasteiger partial charge on any atom is -0.330 e. The van der Waals surface area contributed by atoms with Crippen molar-refractivity contribution < 1.29 is 0 Å². The van der Waals surface area contributed by atoms with Crippen molar-refractivity contribution in [3.63, 3.8) is 0 Å². The summed E-state index contributed by atoms with van der Waals surface area (Å²) >= 11 is 0. The van der Waals surface area contributed by atoms with Crippen LogP contribution in [-0.2, 0) is 0 Å². The van der Waals surface area contributed by atoms with Crippen LogP contribution in [0.3, 0.4) is 0 Å². The number of hydrogen-bond acceptors (Lipinski definition) is 3. The predicted molar refractivity (Wildman–Crippen MR) is 73.1 cm³/mol. The molecular weight excluding hydrogens is 210 g/mol. The molecule has 0 aromatic heterocycles. The normalized spacial score (nSPS) is 25.4. The molecule has 3 heteroatoms. The van der Waals surface area contributed by atoms with Gasteiger partial charge >= 0.3 is 0 Å². The van der Waals surface area contributed by atoms with Crippen LogP contribution in [-0.4, -0.2) is 56.6 Å². The maximum atomic E-state index is 5.84. The van der Waals surface area contributed by atoms with Crippen LogP contribution >= 0.6 is 0 Å². The number of likely N-dealkylation sites (tertiary alicyclic amines) is 1. The molecule has 1 heterocycles. The average molecular weight is 239 g/mol. The third-order valence-electron chi connectivity index (χ3n) is 4.75. The van der Waals surface area contributed by atoms with E-state index >= 15 is 0 Å². The summed E-state index contributed by atoms with van der Waals surface area (Å²) < 4.78 is 0. The van der Waals surface area contributed by atoms with Crippen molar-refractivity contribution in [1.29, 1.82) is 0 Å². The van der Waals surface area contributed by atoms with Crippen molar-refractivity contribution in [3.05, 3.63) is 0 Å². The highest BCUT2D eigenvalue weighted by Gasteiger charge is 2.41. The van der Waals surface area contributed by atoms with Crippen LogP contribution in [0, 0.1) is 11.3 Å². The Kier molecular flexibility index (Phi) is 4.45. The van der Waals surface area contributed by atoms with Gasteiger partial charge in [-0.1, -0.05) is 0 Å². The van der Waals surface area contributed by atoms with Crippen molar-refractivity contribution in [2.24, 2.45) is 17.1 Å². The molecule has 3 nitrogen and oxygen atoms in total. The molecule has 100 valence electrons. The van der Waals surface area contributed by atoms with E-state index < -0.39 is 0 Å². The molecule has 1 saturated carbocycles. The first-order chi connectivity index (χ1) is 8.13. The third-order valence-corrected chi connectivity index (χ3v) is 4.75. The van der Waals surface area contributed by atoms with Crippen LogP contribution in [0.2, 0.25) is 0 Å². The number of rotatable bonds is 6. The van der Waals surface area contributed by atoms with Crippen LogP contribution < -0.4 is 5.73 Å². The fourth-order valence-electron chi connectivity index (χ4n) is 3.01. The molecule has 1 aliphatic heterocycles. The minimum absolute atomic E-state index is 0.502. The molecule has 17 heavy (non-hydrogen) atoms. The van der Waals surface area contributed by atoms with Gasteiger partial charge in [0.25, 0.3) is 0 Å². The molecule has 2 rings (SSSR count). The van der Waals surface area contributed by atoms with E-state index in [0.717, 1.165) is 12.5 Å². The third kappa shape index (κ3) is 3.94. The van der Waals surface area contributed by atoms with Crippen LogP contribution in [0.5, 0.6) is 0 Å². The first-order valence-electron chi connectivity index (χ1n) is 7.21. The number of nitrogens with zero attached hydrogens (tertiary/aromatic N) is 2. The monoisotopic (exact) mass is 239 g/mol. The van der Waals surface area contributed by atoms with E-state index in [2.05, 4.69) is 23.9 Å². The van der Waals surface area contributed by atoms with Gasteiger partial charge in [-0.3, -0.25) is 0 Å². The summed E-state index contributed by atoms with van der Waals surface area (Å²) in [6, 6.07) is 0. The van der Waals surface area contributed by atoms with E-state index in [0.29, 0.717) is 5.41 Å². The van der Waals surface area contributed by atoms with E-state index in [1.165, 1.54) is 58.3 Å². The highest BCUT2D eigenvalue weighted by atomic mass is 15.1. The summed E-state index contributed by atoms with van der Waals surface area (Å²) in [6.07, 6.45) is 6.87. The average Bonchev–Trinajstić information content (AvgIpc) is 3.09. The number of hydrogen-bond donors (Lipinski definition) is 1. The van der Waals surface area contributed by atoms with Crippen LogP contribution in [0.15, 0.2) is 0 Å². The quantitative estimate of drug-likeness (QED) is 0.760. The SMILES string of the molecule is CN1CCC(CCN(C)CC2(CN)CC2)CC1. The summed E-state index contributed by atoms with van der Waals surface area (Å²) in [5, 5.41) is 0. The van der Waals surface area contributed by atoms with Gasteiger partial charge in [0.15, 0.2) is 0 Å². The number of nitrogens with two attached hydrogens (primary N) is 1. The number of piperidine rings is 1. The van der Waals surface area contributed by atoms with Gasteiger partial charge in [0, 0.05) is 6.54 Å². The molecule has 1 aliphatic carbocycles. The van der Waals surface area contributed by atoms with Crippen LogP contribution in [0.4, 0.5) is 0 Å². The highest BCUT2D eigenvalue weighted by Crippen LogP contribution is 2.44. The zero-order chi connectivity index (χ0) is 12.3. The molecule has 0 radical (unpaired) electrons. The van der Waals surface area contributed by atoms with Crippen LogP contribution in [0.1, 0.15) is 32.1 Å². The van der Waals surface area contributed by atoms with Gasteiger partial charge in [0.1, 0.15) is 0 Å². The van der Waals surface area contributed by atoms with E-state index in [1.54, 1.807) is 0 Å². The van der Waals surface area contributed by atoms with Gasteiger partial charge in [-0.2, -0.15) is 0 Å². The molecule has 0 amide bonds. The molecule has 0 aromatic rings. The molecule has 0 unspecified atom stereocenters. The topological polar surface area (TPSA) is 32.5 Å². The zero-order valence-electron chi connectivity index (χ0n) is 11.6. The van der Waals surface area contributed by atoms with E-state index in [4.69, 9.17) is 5.73 Å². The molecule has 0 spiro atoms. The molecule has 0 bridgehead atoms. The van der Waals surface area contributed by atoms with Gasteiger partial charge in [-0.05, 0) is 83.7 Å².